The molecule has 2 heteroatoms. The number of aromatic nitrogens is 1. The van der Waals surface area contributed by atoms with Crippen LogP contribution in [0.25, 0.3) is 11.3 Å². The number of aryl methyl sites for hydroxylation is 1. The SMILES string of the molecule is CC.Cc1cc(-c2ccccn2)cs1. The van der Waals surface area contributed by atoms with Crippen LogP contribution in [0.5, 0.6) is 0 Å². The Labute approximate surface area is 89.4 Å². The quantitative estimate of drug-likeness (QED) is 0.681. The predicted octanol–water partition coefficient (Wildman–Crippen LogP) is 4.14. The molecule has 0 N–H and O–H groups in total. The van der Waals surface area contributed by atoms with Gasteiger partial charge in [0.1, 0.15) is 0 Å². The van der Waals surface area contributed by atoms with Crippen molar-refractivity contribution in [1.82, 2.24) is 4.98 Å². The zero-order chi connectivity index (χ0) is 10.4. The topological polar surface area (TPSA) is 12.9 Å². The van der Waals surface area contributed by atoms with E-state index in [1.165, 1.54) is 10.4 Å². The fourth-order valence-electron chi connectivity index (χ4n) is 1.11. The Balaban J connectivity index is 0.000000461. The monoisotopic (exact) mass is 205 g/mol. The number of hydrogen-bond donors (Lipinski definition) is 0. The van der Waals surface area contributed by atoms with Crippen molar-refractivity contribution in [1.29, 1.82) is 0 Å². The van der Waals surface area contributed by atoms with E-state index in [0.29, 0.717) is 0 Å². The fraction of sp³-hybridized carbons (Fsp3) is 0.250. The van der Waals surface area contributed by atoms with Crippen LogP contribution < -0.4 is 0 Å². The summed E-state index contributed by atoms with van der Waals surface area (Å²) >= 11 is 1.76. The highest BCUT2D eigenvalue weighted by atomic mass is 32.1. The first-order chi connectivity index (χ1) is 6.86. The highest BCUT2D eigenvalue weighted by Crippen LogP contribution is 2.22. The van der Waals surface area contributed by atoms with Crippen LogP contribution >= 0.6 is 11.3 Å². The van der Waals surface area contributed by atoms with Crippen molar-refractivity contribution in [3.05, 3.63) is 40.7 Å². The number of thiophene rings is 1. The van der Waals surface area contributed by atoms with E-state index in [1.54, 1.807) is 11.3 Å². The molecule has 2 rings (SSSR count). The molecule has 74 valence electrons. The molecule has 0 aromatic carbocycles. The number of hydrogen-bond acceptors (Lipinski definition) is 2. The molecule has 0 bridgehead atoms. The summed E-state index contributed by atoms with van der Waals surface area (Å²) < 4.78 is 0. The smallest absolute Gasteiger partial charge is 0.0710 e. The van der Waals surface area contributed by atoms with Crippen molar-refractivity contribution in [3.63, 3.8) is 0 Å². The number of rotatable bonds is 1. The molecule has 2 aromatic heterocycles. The van der Waals surface area contributed by atoms with Crippen molar-refractivity contribution in [2.24, 2.45) is 0 Å². The Morgan fingerprint density at radius 1 is 1.21 bits per heavy atom. The van der Waals surface area contributed by atoms with Crippen LogP contribution in [0.2, 0.25) is 0 Å². The normalized spacial score (nSPS) is 9.07. The molecule has 1 nitrogen and oxygen atoms in total. The van der Waals surface area contributed by atoms with Gasteiger partial charge in [-0.25, -0.2) is 0 Å². The summed E-state index contributed by atoms with van der Waals surface area (Å²) in [5.74, 6) is 0. The molecule has 0 spiro atoms. The third kappa shape index (κ3) is 2.67. The molecule has 0 aliphatic rings. The summed E-state index contributed by atoms with van der Waals surface area (Å²) in [5.41, 5.74) is 2.28. The van der Waals surface area contributed by atoms with E-state index in [9.17, 15) is 0 Å². The lowest BCUT2D eigenvalue weighted by molar-refractivity contribution is 1.33. The van der Waals surface area contributed by atoms with E-state index < -0.39 is 0 Å². The van der Waals surface area contributed by atoms with Crippen LogP contribution in [0.3, 0.4) is 0 Å². The van der Waals surface area contributed by atoms with Gasteiger partial charge in [-0.05, 0) is 25.1 Å². The average Bonchev–Trinajstić information content (AvgIpc) is 2.69. The maximum Gasteiger partial charge on any atom is 0.0710 e. The van der Waals surface area contributed by atoms with Crippen LogP contribution in [0.1, 0.15) is 18.7 Å². The first-order valence-electron chi connectivity index (χ1n) is 4.83. The van der Waals surface area contributed by atoms with Crippen LogP contribution in [0.4, 0.5) is 0 Å². The third-order valence-electron chi connectivity index (χ3n) is 1.69. The third-order valence-corrected chi connectivity index (χ3v) is 2.55. The van der Waals surface area contributed by atoms with Crippen molar-refractivity contribution < 1.29 is 0 Å². The molecule has 0 unspecified atom stereocenters. The van der Waals surface area contributed by atoms with Gasteiger partial charge < -0.3 is 0 Å². The summed E-state index contributed by atoms with van der Waals surface area (Å²) in [7, 11) is 0. The number of pyridine rings is 1. The van der Waals surface area contributed by atoms with Crippen molar-refractivity contribution in [3.8, 4) is 11.3 Å². The minimum atomic E-state index is 1.06. The summed E-state index contributed by atoms with van der Waals surface area (Å²) in [5, 5.41) is 2.14. The molecular weight excluding hydrogens is 190 g/mol. The van der Waals surface area contributed by atoms with Gasteiger partial charge in [0.15, 0.2) is 0 Å². The molecule has 0 aliphatic heterocycles. The van der Waals surface area contributed by atoms with Gasteiger partial charge in [-0.15, -0.1) is 11.3 Å². The standard InChI is InChI=1S/C10H9NS.C2H6/c1-8-6-9(7-12-8)10-4-2-3-5-11-10;1-2/h2-7H,1H3;1-2H3. The van der Waals surface area contributed by atoms with Crippen molar-refractivity contribution in [2.45, 2.75) is 20.8 Å². The fourth-order valence-corrected chi connectivity index (χ4v) is 1.81. The average molecular weight is 205 g/mol. The molecule has 0 atom stereocenters. The van der Waals surface area contributed by atoms with Gasteiger partial charge >= 0.3 is 0 Å². The Morgan fingerprint density at radius 3 is 2.50 bits per heavy atom. The maximum atomic E-state index is 4.27. The van der Waals surface area contributed by atoms with E-state index in [1.807, 2.05) is 38.2 Å². The Morgan fingerprint density at radius 2 is 2.00 bits per heavy atom. The molecule has 0 saturated heterocycles. The van der Waals surface area contributed by atoms with E-state index in [0.717, 1.165) is 5.69 Å². The predicted molar refractivity (Wildman–Crippen MR) is 63.6 cm³/mol. The first kappa shape index (κ1) is 10.9. The van der Waals surface area contributed by atoms with Gasteiger partial charge in [0.05, 0.1) is 5.69 Å². The number of nitrogens with zero attached hydrogens (tertiary/aromatic N) is 1. The van der Waals surface area contributed by atoms with Gasteiger partial charge in [-0.2, -0.15) is 0 Å². The Hall–Kier alpha value is -1.15. The molecule has 0 fully saturated rings. The van der Waals surface area contributed by atoms with E-state index >= 15 is 0 Å². The summed E-state index contributed by atoms with van der Waals surface area (Å²) in [6.45, 7) is 6.11. The lowest BCUT2D eigenvalue weighted by atomic mass is 10.2. The Kier molecular flexibility index (Phi) is 4.33. The summed E-state index contributed by atoms with van der Waals surface area (Å²) in [6, 6.07) is 8.13. The minimum absolute atomic E-state index is 1.06. The van der Waals surface area contributed by atoms with Crippen LogP contribution in [0.15, 0.2) is 35.8 Å². The second-order valence-corrected chi connectivity index (χ2v) is 3.78. The molecule has 14 heavy (non-hydrogen) atoms. The van der Waals surface area contributed by atoms with E-state index in [-0.39, 0.29) is 0 Å². The zero-order valence-electron chi connectivity index (χ0n) is 8.82. The molecule has 0 radical (unpaired) electrons. The highest BCUT2D eigenvalue weighted by molar-refractivity contribution is 7.10. The second-order valence-electron chi connectivity index (χ2n) is 2.66. The van der Waals surface area contributed by atoms with Gasteiger partial charge in [0, 0.05) is 22.0 Å². The largest absolute Gasteiger partial charge is 0.256 e. The van der Waals surface area contributed by atoms with Crippen LogP contribution in [-0.2, 0) is 0 Å². The molecule has 0 amide bonds. The molecule has 2 aromatic rings. The minimum Gasteiger partial charge on any atom is -0.256 e. The maximum absolute atomic E-state index is 4.27. The lowest BCUT2D eigenvalue weighted by Gasteiger charge is -1.92. The molecule has 2 heterocycles. The highest BCUT2D eigenvalue weighted by Gasteiger charge is 1.98. The van der Waals surface area contributed by atoms with Gasteiger partial charge in [-0.1, -0.05) is 19.9 Å². The van der Waals surface area contributed by atoms with Crippen LogP contribution in [-0.4, -0.2) is 4.98 Å². The molecule has 0 aliphatic carbocycles. The Bertz CT molecular complexity index is 365. The molecular formula is C12H15NS. The lowest BCUT2D eigenvalue weighted by Crippen LogP contribution is -1.76. The summed E-state index contributed by atoms with van der Waals surface area (Å²) in [4.78, 5) is 5.60. The van der Waals surface area contributed by atoms with Crippen LogP contribution in [0, 0.1) is 6.92 Å². The summed E-state index contributed by atoms with van der Waals surface area (Å²) in [6.07, 6.45) is 1.82. The first-order valence-corrected chi connectivity index (χ1v) is 5.71. The van der Waals surface area contributed by atoms with E-state index in [2.05, 4.69) is 23.4 Å². The van der Waals surface area contributed by atoms with Gasteiger partial charge in [0.2, 0.25) is 0 Å². The zero-order valence-corrected chi connectivity index (χ0v) is 9.64. The molecule has 0 saturated carbocycles. The van der Waals surface area contributed by atoms with Gasteiger partial charge in [0.25, 0.3) is 0 Å². The van der Waals surface area contributed by atoms with E-state index in [4.69, 9.17) is 0 Å². The van der Waals surface area contributed by atoms with Crippen molar-refractivity contribution in [2.75, 3.05) is 0 Å². The van der Waals surface area contributed by atoms with Gasteiger partial charge in [-0.3, -0.25) is 4.98 Å². The van der Waals surface area contributed by atoms with Crippen molar-refractivity contribution >= 4 is 11.3 Å². The second kappa shape index (κ2) is 5.55.